The van der Waals surface area contributed by atoms with Gasteiger partial charge in [-0.15, -0.1) is 11.3 Å². The Morgan fingerprint density at radius 2 is 1.87 bits per heavy atom. The maximum Gasteiger partial charge on any atom is 0.341 e. The number of esters is 1. The summed E-state index contributed by atoms with van der Waals surface area (Å²) in [4.78, 5) is 26.0. The first kappa shape index (κ1) is 22.5. The van der Waals surface area contributed by atoms with Gasteiger partial charge < -0.3 is 10.1 Å². The van der Waals surface area contributed by atoms with Crippen LogP contribution in [0.3, 0.4) is 0 Å². The van der Waals surface area contributed by atoms with Crippen LogP contribution in [0.1, 0.15) is 59.0 Å². The molecule has 0 fully saturated rings. The molecule has 0 saturated heterocycles. The van der Waals surface area contributed by atoms with E-state index in [4.69, 9.17) is 4.74 Å². The van der Waals surface area contributed by atoms with Gasteiger partial charge in [-0.1, -0.05) is 30.3 Å². The number of sulfone groups is 1. The lowest BCUT2D eigenvalue weighted by Gasteiger charge is -2.12. The molecule has 1 N–H and O–H groups in total. The molecule has 0 spiro atoms. The third kappa shape index (κ3) is 5.92. The van der Waals surface area contributed by atoms with E-state index in [0.29, 0.717) is 10.6 Å². The highest BCUT2D eigenvalue weighted by Crippen LogP contribution is 2.38. The number of aryl methyl sites for hydroxylation is 1. The van der Waals surface area contributed by atoms with Gasteiger partial charge in [0, 0.05) is 11.3 Å². The molecule has 1 aromatic carbocycles. The summed E-state index contributed by atoms with van der Waals surface area (Å²) < 4.78 is 29.8. The molecule has 162 valence electrons. The predicted octanol–water partition coefficient (Wildman–Crippen LogP) is 4.14. The topological polar surface area (TPSA) is 89.5 Å². The summed E-state index contributed by atoms with van der Waals surface area (Å²) in [6.07, 6.45) is 4.12. The Hall–Kier alpha value is -2.19. The standard InChI is InChI=1S/C22H27NO5S2/c1-2-28-22(25)20-17-11-6-7-12-18(17)29-21(20)23-19(24)13-8-14-30(26,27)15-16-9-4-3-5-10-16/h3-5,9-10H,2,6-8,11-15H2,1H3,(H,23,24). The van der Waals surface area contributed by atoms with E-state index >= 15 is 0 Å². The fourth-order valence-electron chi connectivity index (χ4n) is 3.62. The van der Waals surface area contributed by atoms with Crippen LogP contribution >= 0.6 is 11.3 Å². The predicted molar refractivity (Wildman–Crippen MR) is 119 cm³/mol. The summed E-state index contributed by atoms with van der Waals surface area (Å²) in [6.45, 7) is 2.03. The number of nitrogens with one attached hydrogen (secondary N) is 1. The molecule has 8 heteroatoms. The van der Waals surface area contributed by atoms with E-state index in [1.807, 2.05) is 6.07 Å². The molecule has 1 heterocycles. The Bertz CT molecular complexity index is 996. The number of ether oxygens (including phenoxy) is 1. The van der Waals surface area contributed by atoms with Crippen molar-refractivity contribution in [1.82, 2.24) is 0 Å². The number of carbonyl (C=O) groups is 2. The Kier molecular flexibility index (Phi) is 7.66. The molecule has 30 heavy (non-hydrogen) atoms. The van der Waals surface area contributed by atoms with Crippen molar-refractivity contribution in [2.45, 2.75) is 51.2 Å². The highest BCUT2D eigenvalue weighted by atomic mass is 32.2. The minimum atomic E-state index is -3.29. The molecule has 0 atom stereocenters. The van der Waals surface area contributed by atoms with Crippen LogP contribution in [-0.2, 0) is 38.0 Å². The second-order valence-corrected chi connectivity index (χ2v) is 10.7. The number of hydrogen-bond donors (Lipinski definition) is 1. The number of benzene rings is 1. The van der Waals surface area contributed by atoms with E-state index in [9.17, 15) is 18.0 Å². The average molecular weight is 450 g/mol. The molecule has 3 rings (SSSR count). The molecule has 0 bridgehead atoms. The molecule has 0 unspecified atom stereocenters. The second-order valence-electron chi connectivity index (χ2n) is 7.36. The molecular weight excluding hydrogens is 422 g/mol. The number of thiophene rings is 1. The summed E-state index contributed by atoms with van der Waals surface area (Å²) in [5.41, 5.74) is 2.21. The Balaban J connectivity index is 1.59. The van der Waals surface area contributed by atoms with Gasteiger partial charge in [0.2, 0.25) is 5.91 Å². The summed E-state index contributed by atoms with van der Waals surface area (Å²) in [7, 11) is -3.29. The zero-order valence-corrected chi connectivity index (χ0v) is 18.7. The van der Waals surface area contributed by atoms with Crippen LogP contribution < -0.4 is 5.32 Å². The number of carbonyl (C=O) groups excluding carboxylic acids is 2. The average Bonchev–Trinajstić information content (AvgIpc) is 3.06. The fraction of sp³-hybridized carbons (Fsp3) is 0.455. The molecule has 0 aliphatic heterocycles. The van der Waals surface area contributed by atoms with Crippen molar-refractivity contribution in [1.29, 1.82) is 0 Å². The van der Waals surface area contributed by atoms with E-state index in [1.165, 1.54) is 11.3 Å². The minimum Gasteiger partial charge on any atom is -0.462 e. The monoisotopic (exact) mass is 449 g/mol. The number of hydrogen-bond acceptors (Lipinski definition) is 6. The summed E-state index contributed by atoms with van der Waals surface area (Å²) in [5.74, 6) is -0.770. The van der Waals surface area contributed by atoms with Crippen LogP contribution in [0.5, 0.6) is 0 Å². The van der Waals surface area contributed by atoms with E-state index in [2.05, 4.69) is 5.32 Å². The van der Waals surface area contributed by atoms with Crippen molar-refractivity contribution in [2.75, 3.05) is 17.7 Å². The van der Waals surface area contributed by atoms with Crippen molar-refractivity contribution in [2.24, 2.45) is 0 Å². The zero-order valence-electron chi connectivity index (χ0n) is 17.1. The van der Waals surface area contributed by atoms with Crippen LogP contribution in [0.2, 0.25) is 0 Å². The molecule has 1 amide bonds. The van der Waals surface area contributed by atoms with Crippen LogP contribution in [0.25, 0.3) is 0 Å². The Morgan fingerprint density at radius 1 is 1.13 bits per heavy atom. The number of fused-ring (bicyclic) bond motifs is 1. The summed E-state index contributed by atoms with van der Waals surface area (Å²) in [6, 6.07) is 9.01. The van der Waals surface area contributed by atoms with Gasteiger partial charge in [0.25, 0.3) is 0 Å². The molecule has 0 radical (unpaired) electrons. The Morgan fingerprint density at radius 3 is 2.60 bits per heavy atom. The molecular formula is C22H27NO5S2. The van der Waals surface area contributed by atoms with Gasteiger partial charge in [-0.25, -0.2) is 13.2 Å². The molecule has 0 saturated carbocycles. The highest BCUT2D eigenvalue weighted by molar-refractivity contribution is 7.90. The van der Waals surface area contributed by atoms with Crippen LogP contribution in [-0.4, -0.2) is 32.7 Å². The number of amides is 1. The fourth-order valence-corrected chi connectivity index (χ4v) is 6.34. The number of anilines is 1. The maximum absolute atomic E-state index is 12.5. The van der Waals surface area contributed by atoms with Gasteiger partial charge in [-0.3, -0.25) is 4.79 Å². The van der Waals surface area contributed by atoms with Gasteiger partial charge in [0.05, 0.1) is 23.7 Å². The van der Waals surface area contributed by atoms with Gasteiger partial charge in [-0.05, 0) is 50.2 Å². The van der Waals surface area contributed by atoms with Crippen LogP contribution in [0, 0.1) is 0 Å². The van der Waals surface area contributed by atoms with E-state index < -0.39 is 15.8 Å². The SMILES string of the molecule is CCOC(=O)c1c(NC(=O)CCCS(=O)(=O)Cc2ccccc2)sc2c1CCCC2. The van der Waals surface area contributed by atoms with Crippen molar-refractivity contribution >= 4 is 38.1 Å². The van der Waals surface area contributed by atoms with E-state index in [0.717, 1.165) is 41.7 Å². The third-order valence-corrected chi connectivity index (χ3v) is 7.88. The molecule has 1 aliphatic rings. The van der Waals surface area contributed by atoms with Crippen molar-refractivity contribution in [3.8, 4) is 0 Å². The number of rotatable bonds is 9. The summed E-state index contributed by atoms with van der Waals surface area (Å²) >= 11 is 1.43. The normalized spacial score (nSPS) is 13.5. The van der Waals surface area contributed by atoms with Crippen molar-refractivity contribution < 1.29 is 22.7 Å². The molecule has 2 aromatic rings. The lowest BCUT2D eigenvalue weighted by atomic mass is 9.95. The Labute approximate surface area is 181 Å². The van der Waals surface area contributed by atoms with Crippen LogP contribution in [0.4, 0.5) is 5.00 Å². The van der Waals surface area contributed by atoms with Crippen molar-refractivity contribution in [3.05, 3.63) is 51.9 Å². The lowest BCUT2D eigenvalue weighted by molar-refractivity contribution is -0.116. The van der Waals surface area contributed by atoms with Gasteiger partial charge in [-0.2, -0.15) is 0 Å². The zero-order chi connectivity index (χ0) is 21.6. The van der Waals surface area contributed by atoms with Gasteiger partial charge in [0.1, 0.15) is 5.00 Å². The molecule has 1 aliphatic carbocycles. The van der Waals surface area contributed by atoms with Gasteiger partial charge >= 0.3 is 5.97 Å². The van der Waals surface area contributed by atoms with E-state index in [1.54, 1.807) is 31.2 Å². The third-order valence-electron chi connectivity index (χ3n) is 4.99. The molecule has 1 aromatic heterocycles. The first-order valence-electron chi connectivity index (χ1n) is 10.3. The van der Waals surface area contributed by atoms with Crippen LogP contribution in [0.15, 0.2) is 30.3 Å². The second kappa shape index (κ2) is 10.2. The van der Waals surface area contributed by atoms with Crippen molar-refractivity contribution in [3.63, 3.8) is 0 Å². The highest BCUT2D eigenvalue weighted by Gasteiger charge is 2.27. The largest absolute Gasteiger partial charge is 0.462 e. The quantitative estimate of drug-likeness (QED) is 0.581. The minimum absolute atomic E-state index is 0.0277. The maximum atomic E-state index is 12.5. The lowest BCUT2D eigenvalue weighted by Crippen LogP contribution is -2.17. The van der Waals surface area contributed by atoms with Gasteiger partial charge in [0.15, 0.2) is 9.84 Å². The smallest absolute Gasteiger partial charge is 0.341 e. The molecule has 6 nitrogen and oxygen atoms in total. The first-order chi connectivity index (χ1) is 14.4. The summed E-state index contributed by atoms with van der Waals surface area (Å²) in [5, 5.41) is 3.35. The van der Waals surface area contributed by atoms with E-state index in [-0.39, 0.29) is 36.9 Å². The first-order valence-corrected chi connectivity index (χ1v) is 12.9.